The molecule has 1 amide bonds. The van der Waals surface area contributed by atoms with Crippen molar-refractivity contribution < 1.29 is 9.32 Å². The zero-order chi connectivity index (χ0) is 14.5. The van der Waals surface area contributed by atoms with Gasteiger partial charge in [-0.3, -0.25) is 9.78 Å². The number of carbonyl (C=O) groups is 1. The summed E-state index contributed by atoms with van der Waals surface area (Å²) in [5.41, 5.74) is 2.12. The fraction of sp³-hybridized carbons (Fsp3) is 0.357. The molecule has 0 saturated heterocycles. The Bertz CT molecular complexity index is 607. The second-order valence-corrected chi connectivity index (χ2v) is 4.57. The minimum absolute atomic E-state index is 0.260. The number of amides is 1. The Labute approximate surface area is 117 Å². The maximum absolute atomic E-state index is 12.2. The van der Waals surface area contributed by atoms with Gasteiger partial charge >= 0.3 is 0 Å². The molecule has 20 heavy (non-hydrogen) atoms. The molecule has 6 nitrogen and oxygen atoms in total. The van der Waals surface area contributed by atoms with Crippen LogP contribution in [0.15, 0.2) is 22.9 Å². The number of rotatable bonds is 5. The molecule has 0 atom stereocenters. The molecule has 0 fully saturated rings. The van der Waals surface area contributed by atoms with Crippen molar-refractivity contribution in [2.75, 3.05) is 17.2 Å². The van der Waals surface area contributed by atoms with E-state index in [9.17, 15) is 4.79 Å². The first-order chi connectivity index (χ1) is 9.60. The van der Waals surface area contributed by atoms with Crippen molar-refractivity contribution in [1.82, 2.24) is 10.1 Å². The average molecular weight is 274 g/mol. The Morgan fingerprint density at radius 2 is 2.15 bits per heavy atom. The van der Waals surface area contributed by atoms with Crippen LogP contribution in [0, 0.1) is 13.8 Å². The van der Waals surface area contributed by atoms with Gasteiger partial charge in [-0.1, -0.05) is 12.1 Å². The first-order valence-electron chi connectivity index (χ1n) is 6.55. The van der Waals surface area contributed by atoms with Gasteiger partial charge < -0.3 is 15.2 Å². The topological polar surface area (TPSA) is 80.0 Å². The third-order valence-electron chi connectivity index (χ3n) is 2.72. The van der Waals surface area contributed by atoms with Crippen LogP contribution in [0.5, 0.6) is 0 Å². The van der Waals surface area contributed by atoms with Gasteiger partial charge in [-0.15, -0.1) is 0 Å². The molecular weight excluding hydrogens is 256 g/mol. The highest BCUT2D eigenvalue weighted by molar-refractivity contribution is 6.07. The van der Waals surface area contributed by atoms with E-state index < -0.39 is 0 Å². The second-order valence-electron chi connectivity index (χ2n) is 4.57. The van der Waals surface area contributed by atoms with E-state index in [4.69, 9.17) is 4.52 Å². The summed E-state index contributed by atoms with van der Waals surface area (Å²) in [6.07, 6.45) is 2.54. The van der Waals surface area contributed by atoms with Crippen LogP contribution in [0.4, 0.5) is 11.5 Å². The average Bonchev–Trinajstić information content (AvgIpc) is 2.81. The molecule has 0 unspecified atom stereocenters. The van der Waals surface area contributed by atoms with Gasteiger partial charge in [0.15, 0.2) is 5.82 Å². The summed E-state index contributed by atoms with van der Waals surface area (Å²) in [5.74, 6) is 0.783. The molecule has 106 valence electrons. The largest absolute Gasteiger partial charge is 0.384 e. The summed E-state index contributed by atoms with van der Waals surface area (Å²) in [7, 11) is 0. The lowest BCUT2D eigenvalue weighted by atomic mass is 10.2. The van der Waals surface area contributed by atoms with E-state index in [1.54, 1.807) is 19.2 Å². The molecule has 0 saturated carbocycles. The van der Waals surface area contributed by atoms with E-state index in [0.717, 1.165) is 24.3 Å². The number of carbonyl (C=O) groups excluding carboxylic acids is 1. The molecule has 2 aromatic rings. The van der Waals surface area contributed by atoms with E-state index in [-0.39, 0.29) is 5.91 Å². The molecule has 0 spiro atoms. The number of aromatic nitrogens is 2. The highest BCUT2D eigenvalue weighted by Crippen LogP contribution is 2.18. The zero-order valence-corrected chi connectivity index (χ0v) is 11.9. The first kappa shape index (κ1) is 14.0. The lowest BCUT2D eigenvalue weighted by molar-refractivity contribution is 0.102. The van der Waals surface area contributed by atoms with E-state index in [1.807, 2.05) is 13.0 Å². The number of pyridine rings is 1. The molecule has 2 N–H and O–H groups in total. The standard InChI is InChI=1S/C14H18N4O2/c1-4-5-15-12-6-9(2)16-8-11(12)14(19)17-13-7-10(3)20-18-13/h6-8H,4-5H2,1-3H3,(H,15,16)(H,17,18,19). The number of anilines is 2. The maximum atomic E-state index is 12.2. The molecule has 0 aliphatic rings. The summed E-state index contributed by atoms with van der Waals surface area (Å²) in [6.45, 7) is 6.52. The molecule has 0 radical (unpaired) electrons. The van der Waals surface area contributed by atoms with Gasteiger partial charge in [-0.2, -0.15) is 0 Å². The Kier molecular flexibility index (Phi) is 4.34. The van der Waals surface area contributed by atoms with Crippen molar-refractivity contribution in [2.24, 2.45) is 0 Å². The van der Waals surface area contributed by atoms with Gasteiger partial charge in [0.25, 0.3) is 5.91 Å². The quantitative estimate of drug-likeness (QED) is 0.876. The van der Waals surface area contributed by atoms with Crippen LogP contribution in [-0.4, -0.2) is 22.6 Å². The van der Waals surface area contributed by atoms with Crippen LogP contribution < -0.4 is 10.6 Å². The first-order valence-corrected chi connectivity index (χ1v) is 6.55. The van der Waals surface area contributed by atoms with Gasteiger partial charge in [0, 0.05) is 24.5 Å². The Balaban J connectivity index is 2.19. The van der Waals surface area contributed by atoms with E-state index in [0.29, 0.717) is 17.1 Å². The number of nitrogens with zero attached hydrogens (tertiary/aromatic N) is 2. The number of nitrogens with one attached hydrogen (secondary N) is 2. The predicted octanol–water partition coefficient (Wildman–Crippen LogP) is 2.76. The van der Waals surface area contributed by atoms with Crippen molar-refractivity contribution in [3.05, 3.63) is 35.3 Å². The number of hydrogen-bond donors (Lipinski definition) is 2. The highest BCUT2D eigenvalue weighted by Gasteiger charge is 2.14. The van der Waals surface area contributed by atoms with Gasteiger partial charge in [0.05, 0.1) is 11.3 Å². The summed E-state index contributed by atoms with van der Waals surface area (Å²) >= 11 is 0. The number of aryl methyl sites for hydroxylation is 2. The molecule has 0 aliphatic heterocycles. The number of hydrogen-bond acceptors (Lipinski definition) is 5. The smallest absolute Gasteiger partial charge is 0.260 e. The molecular formula is C14H18N4O2. The predicted molar refractivity (Wildman–Crippen MR) is 76.9 cm³/mol. The van der Waals surface area contributed by atoms with Gasteiger partial charge in [-0.05, 0) is 26.3 Å². The minimum Gasteiger partial charge on any atom is -0.384 e. The molecule has 2 heterocycles. The Hall–Kier alpha value is -2.37. The maximum Gasteiger partial charge on any atom is 0.260 e. The summed E-state index contributed by atoms with van der Waals surface area (Å²) in [6, 6.07) is 3.53. The van der Waals surface area contributed by atoms with Crippen molar-refractivity contribution >= 4 is 17.4 Å². The second kappa shape index (κ2) is 6.18. The van der Waals surface area contributed by atoms with E-state index in [2.05, 4.69) is 27.7 Å². The molecule has 0 aromatic carbocycles. The molecule has 0 aliphatic carbocycles. The summed E-state index contributed by atoms with van der Waals surface area (Å²) in [4.78, 5) is 16.4. The molecule has 2 aromatic heterocycles. The Morgan fingerprint density at radius 3 is 2.80 bits per heavy atom. The summed E-state index contributed by atoms with van der Waals surface area (Å²) < 4.78 is 4.92. The minimum atomic E-state index is -0.260. The molecule has 2 rings (SSSR count). The van der Waals surface area contributed by atoms with Gasteiger partial charge in [0.2, 0.25) is 0 Å². The highest BCUT2D eigenvalue weighted by atomic mass is 16.5. The van der Waals surface area contributed by atoms with Crippen LogP contribution in [0.25, 0.3) is 0 Å². The van der Waals surface area contributed by atoms with Gasteiger partial charge in [-0.25, -0.2) is 0 Å². The molecule has 6 heteroatoms. The normalized spacial score (nSPS) is 10.3. The zero-order valence-electron chi connectivity index (χ0n) is 11.9. The summed E-state index contributed by atoms with van der Waals surface area (Å²) in [5, 5.41) is 9.67. The van der Waals surface area contributed by atoms with Crippen molar-refractivity contribution in [2.45, 2.75) is 27.2 Å². The van der Waals surface area contributed by atoms with Crippen LogP contribution in [-0.2, 0) is 0 Å². The Morgan fingerprint density at radius 1 is 1.35 bits per heavy atom. The monoisotopic (exact) mass is 274 g/mol. The van der Waals surface area contributed by atoms with Crippen molar-refractivity contribution in [3.63, 3.8) is 0 Å². The van der Waals surface area contributed by atoms with Crippen LogP contribution >= 0.6 is 0 Å². The van der Waals surface area contributed by atoms with Crippen molar-refractivity contribution in [1.29, 1.82) is 0 Å². The fourth-order valence-corrected chi connectivity index (χ4v) is 1.76. The lowest BCUT2D eigenvalue weighted by Crippen LogP contribution is -2.16. The van der Waals surface area contributed by atoms with E-state index >= 15 is 0 Å². The van der Waals surface area contributed by atoms with Crippen LogP contribution in [0.1, 0.15) is 35.2 Å². The van der Waals surface area contributed by atoms with Crippen molar-refractivity contribution in [3.8, 4) is 0 Å². The van der Waals surface area contributed by atoms with E-state index in [1.165, 1.54) is 0 Å². The SMILES string of the molecule is CCCNc1cc(C)ncc1C(=O)Nc1cc(C)on1. The lowest BCUT2D eigenvalue weighted by Gasteiger charge is -2.11. The fourth-order valence-electron chi connectivity index (χ4n) is 1.76. The third kappa shape index (κ3) is 3.34. The van der Waals surface area contributed by atoms with Crippen LogP contribution in [0.2, 0.25) is 0 Å². The third-order valence-corrected chi connectivity index (χ3v) is 2.72. The molecule has 0 bridgehead atoms. The van der Waals surface area contributed by atoms with Gasteiger partial charge in [0.1, 0.15) is 5.76 Å². The van der Waals surface area contributed by atoms with Crippen LogP contribution in [0.3, 0.4) is 0 Å².